The zero-order chi connectivity index (χ0) is 17.9. The molecule has 7 heteroatoms. The number of amides is 1. The number of halogens is 1. The third-order valence-electron chi connectivity index (χ3n) is 5.10. The SMILES string of the molecule is O=C(c1ccc(F)cc1)N1CCN(C2CC(c3cccnc3)NN2)CC1. The van der Waals surface area contributed by atoms with Gasteiger partial charge >= 0.3 is 0 Å². The predicted molar refractivity (Wildman–Crippen MR) is 95.5 cm³/mol. The van der Waals surface area contributed by atoms with E-state index in [1.165, 1.54) is 17.7 Å². The molecule has 2 aromatic rings. The lowest BCUT2D eigenvalue weighted by atomic mass is 10.1. The smallest absolute Gasteiger partial charge is 0.253 e. The average Bonchev–Trinajstić information content (AvgIpc) is 3.19. The van der Waals surface area contributed by atoms with Crippen LogP contribution in [0, 0.1) is 5.82 Å². The van der Waals surface area contributed by atoms with E-state index in [0.29, 0.717) is 18.7 Å². The van der Waals surface area contributed by atoms with Gasteiger partial charge in [0.25, 0.3) is 5.91 Å². The van der Waals surface area contributed by atoms with E-state index in [4.69, 9.17) is 0 Å². The molecule has 26 heavy (non-hydrogen) atoms. The molecule has 0 bridgehead atoms. The second-order valence-corrected chi connectivity index (χ2v) is 6.71. The number of benzene rings is 1. The van der Waals surface area contributed by atoms with Crippen LogP contribution in [-0.2, 0) is 0 Å². The van der Waals surface area contributed by atoms with Crippen LogP contribution in [0.5, 0.6) is 0 Å². The monoisotopic (exact) mass is 355 g/mol. The van der Waals surface area contributed by atoms with Crippen LogP contribution in [0.1, 0.15) is 28.4 Å². The van der Waals surface area contributed by atoms with Crippen LogP contribution in [-0.4, -0.2) is 53.0 Å². The third kappa shape index (κ3) is 3.60. The quantitative estimate of drug-likeness (QED) is 0.875. The molecular formula is C19H22FN5O. The molecule has 2 N–H and O–H groups in total. The number of aromatic nitrogens is 1. The average molecular weight is 355 g/mol. The van der Waals surface area contributed by atoms with Crippen LogP contribution in [0.3, 0.4) is 0 Å². The largest absolute Gasteiger partial charge is 0.336 e. The Morgan fingerprint density at radius 3 is 2.54 bits per heavy atom. The minimum atomic E-state index is -0.325. The predicted octanol–water partition coefficient (Wildman–Crippen LogP) is 1.54. The van der Waals surface area contributed by atoms with E-state index < -0.39 is 0 Å². The van der Waals surface area contributed by atoms with Crippen molar-refractivity contribution >= 4 is 5.91 Å². The van der Waals surface area contributed by atoms with Gasteiger partial charge in [0.2, 0.25) is 0 Å². The van der Waals surface area contributed by atoms with Gasteiger partial charge in [0.05, 0.1) is 12.2 Å². The molecule has 6 nitrogen and oxygen atoms in total. The van der Waals surface area contributed by atoms with Gasteiger partial charge in [-0.1, -0.05) is 6.07 Å². The Morgan fingerprint density at radius 1 is 1.08 bits per heavy atom. The zero-order valence-corrected chi connectivity index (χ0v) is 14.4. The van der Waals surface area contributed by atoms with Gasteiger partial charge in [0.1, 0.15) is 5.82 Å². The number of rotatable bonds is 3. The number of hydrazine groups is 1. The fourth-order valence-electron chi connectivity index (χ4n) is 3.59. The molecule has 0 radical (unpaired) electrons. The normalized spacial score (nSPS) is 24.0. The molecule has 136 valence electrons. The maximum absolute atomic E-state index is 13.0. The molecule has 2 aliphatic rings. The van der Waals surface area contributed by atoms with Crippen molar-refractivity contribution in [3.63, 3.8) is 0 Å². The van der Waals surface area contributed by atoms with Crippen molar-refractivity contribution in [2.24, 2.45) is 0 Å². The summed E-state index contributed by atoms with van der Waals surface area (Å²) in [6, 6.07) is 10.0. The Labute approximate surface area is 152 Å². The topological polar surface area (TPSA) is 60.5 Å². The van der Waals surface area contributed by atoms with E-state index in [1.54, 1.807) is 18.3 Å². The van der Waals surface area contributed by atoms with Crippen molar-refractivity contribution in [2.45, 2.75) is 18.6 Å². The van der Waals surface area contributed by atoms with Crippen LogP contribution in [0.2, 0.25) is 0 Å². The molecule has 2 aliphatic heterocycles. The summed E-state index contributed by atoms with van der Waals surface area (Å²) < 4.78 is 13.0. The summed E-state index contributed by atoms with van der Waals surface area (Å²) in [6.07, 6.45) is 4.86. The van der Waals surface area contributed by atoms with Gasteiger partial charge in [0.15, 0.2) is 0 Å². The molecule has 0 spiro atoms. The van der Waals surface area contributed by atoms with Gasteiger partial charge in [-0.25, -0.2) is 15.2 Å². The maximum Gasteiger partial charge on any atom is 0.253 e. The first-order valence-corrected chi connectivity index (χ1v) is 8.90. The summed E-state index contributed by atoms with van der Waals surface area (Å²) in [6.45, 7) is 2.97. The Bertz CT molecular complexity index is 746. The summed E-state index contributed by atoms with van der Waals surface area (Å²) in [5, 5.41) is 0. The van der Waals surface area contributed by atoms with Gasteiger partial charge in [0, 0.05) is 44.1 Å². The van der Waals surface area contributed by atoms with E-state index in [1.807, 2.05) is 17.2 Å². The minimum Gasteiger partial charge on any atom is -0.336 e. The Balaban J connectivity index is 1.31. The number of carbonyl (C=O) groups is 1. The summed E-state index contributed by atoms with van der Waals surface area (Å²) >= 11 is 0. The molecule has 2 unspecified atom stereocenters. The van der Waals surface area contributed by atoms with Crippen molar-refractivity contribution in [3.05, 3.63) is 65.7 Å². The number of pyridine rings is 1. The molecule has 2 fully saturated rings. The van der Waals surface area contributed by atoms with Gasteiger partial charge in [-0.3, -0.25) is 14.7 Å². The van der Waals surface area contributed by atoms with E-state index >= 15 is 0 Å². The highest BCUT2D eigenvalue weighted by Gasteiger charge is 2.32. The standard InChI is InChI=1S/C19H22FN5O/c20-16-5-3-14(4-6-16)19(26)25-10-8-24(9-11-25)18-12-17(22-23-18)15-2-1-7-21-13-15/h1-7,13,17-18,22-23H,8-12H2. The molecule has 2 atom stereocenters. The Hall–Kier alpha value is -2.35. The molecule has 0 saturated carbocycles. The van der Waals surface area contributed by atoms with E-state index in [2.05, 4.69) is 26.8 Å². The van der Waals surface area contributed by atoms with Gasteiger partial charge in [-0.15, -0.1) is 0 Å². The fourth-order valence-corrected chi connectivity index (χ4v) is 3.59. The van der Waals surface area contributed by atoms with Gasteiger partial charge in [-0.2, -0.15) is 0 Å². The van der Waals surface area contributed by atoms with Crippen molar-refractivity contribution in [1.29, 1.82) is 0 Å². The van der Waals surface area contributed by atoms with Crippen molar-refractivity contribution in [3.8, 4) is 0 Å². The fraction of sp³-hybridized carbons (Fsp3) is 0.368. The number of carbonyl (C=O) groups excluding carboxylic acids is 1. The lowest BCUT2D eigenvalue weighted by Crippen LogP contribution is -2.55. The van der Waals surface area contributed by atoms with Crippen LogP contribution in [0.25, 0.3) is 0 Å². The summed E-state index contributed by atoms with van der Waals surface area (Å²) in [5.74, 6) is -0.357. The third-order valence-corrected chi connectivity index (χ3v) is 5.10. The first-order valence-electron chi connectivity index (χ1n) is 8.90. The number of nitrogens with one attached hydrogen (secondary N) is 2. The molecule has 1 aromatic heterocycles. The zero-order valence-electron chi connectivity index (χ0n) is 14.4. The van der Waals surface area contributed by atoms with Crippen molar-refractivity contribution in [1.82, 2.24) is 25.6 Å². The van der Waals surface area contributed by atoms with Crippen LogP contribution < -0.4 is 10.9 Å². The highest BCUT2D eigenvalue weighted by Crippen LogP contribution is 2.24. The maximum atomic E-state index is 13.0. The van der Waals surface area contributed by atoms with Crippen molar-refractivity contribution in [2.75, 3.05) is 26.2 Å². The molecule has 0 aliphatic carbocycles. The Kier molecular flexibility index (Phi) is 4.92. The van der Waals surface area contributed by atoms with Gasteiger partial charge < -0.3 is 4.90 Å². The van der Waals surface area contributed by atoms with E-state index in [0.717, 1.165) is 19.5 Å². The number of nitrogens with zero attached hydrogens (tertiary/aromatic N) is 3. The Morgan fingerprint density at radius 2 is 1.85 bits per heavy atom. The summed E-state index contributed by atoms with van der Waals surface area (Å²) in [7, 11) is 0. The van der Waals surface area contributed by atoms with Crippen LogP contribution in [0.15, 0.2) is 48.8 Å². The highest BCUT2D eigenvalue weighted by atomic mass is 19.1. The molecule has 2 saturated heterocycles. The minimum absolute atomic E-state index is 0.0320. The highest BCUT2D eigenvalue weighted by molar-refractivity contribution is 5.94. The second kappa shape index (κ2) is 7.49. The van der Waals surface area contributed by atoms with E-state index in [-0.39, 0.29) is 23.9 Å². The lowest BCUT2D eigenvalue weighted by Gasteiger charge is -2.37. The molecule has 1 aromatic carbocycles. The number of piperazine rings is 1. The molecule has 4 rings (SSSR count). The molecular weight excluding hydrogens is 333 g/mol. The second-order valence-electron chi connectivity index (χ2n) is 6.71. The number of hydrogen-bond donors (Lipinski definition) is 2. The van der Waals surface area contributed by atoms with E-state index in [9.17, 15) is 9.18 Å². The lowest BCUT2D eigenvalue weighted by molar-refractivity contribution is 0.0545. The summed E-state index contributed by atoms with van der Waals surface area (Å²) in [5.41, 5.74) is 8.41. The van der Waals surface area contributed by atoms with Crippen molar-refractivity contribution < 1.29 is 9.18 Å². The van der Waals surface area contributed by atoms with Gasteiger partial charge in [-0.05, 0) is 42.3 Å². The molecule has 1 amide bonds. The summed E-state index contributed by atoms with van der Waals surface area (Å²) in [4.78, 5) is 20.9. The first kappa shape index (κ1) is 17.1. The van der Waals surface area contributed by atoms with Crippen LogP contribution in [0.4, 0.5) is 4.39 Å². The van der Waals surface area contributed by atoms with Crippen LogP contribution >= 0.6 is 0 Å². The first-order chi connectivity index (χ1) is 12.7. The molecule has 3 heterocycles. The number of hydrogen-bond acceptors (Lipinski definition) is 5.